The molecule has 18 heavy (non-hydrogen) atoms. The first kappa shape index (κ1) is 11.5. The fourth-order valence-electron chi connectivity index (χ4n) is 2.35. The van der Waals surface area contributed by atoms with Crippen LogP contribution in [0, 0.1) is 5.92 Å². The number of carbonyl (C=O) groups is 1. The lowest BCUT2D eigenvalue weighted by Gasteiger charge is -2.27. The Morgan fingerprint density at radius 3 is 3.11 bits per heavy atom. The van der Waals surface area contributed by atoms with Crippen LogP contribution in [0.1, 0.15) is 11.1 Å². The Balaban J connectivity index is 1.53. The van der Waals surface area contributed by atoms with Crippen LogP contribution in [0.3, 0.4) is 0 Å². The van der Waals surface area contributed by atoms with E-state index in [2.05, 4.69) is 16.7 Å². The minimum atomic E-state index is 0.112. The molecular formula is C14H18N2O2. The molecule has 0 bridgehead atoms. The minimum absolute atomic E-state index is 0.112. The zero-order valence-corrected chi connectivity index (χ0v) is 10.4. The van der Waals surface area contributed by atoms with Crippen molar-refractivity contribution in [1.29, 1.82) is 0 Å². The second-order valence-electron chi connectivity index (χ2n) is 5.05. The Morgan fingerprint density at radius 1 is 1.44 bits per heavy atom. The average Bonchev–Trinajstić information content (AvgIpc) is 2.74. The van der Waals surface area contributed by atoms with Crippen LogP contribution in [0.2, 0.25) is 0 Å². The molecule has 1 saturated heterocycles. The largest absolute Gasteiger partial charge is 0.493 e. The number of benzene rings is 1. The third-order valence-electron chi connectivity index (χ3n) is 3.57. The summed E-state index contributed by atoms with van der Waals surface area (Å²) in [4.78, 5) is 11.8. The van der Waals surface area contributed by atoms with Gasteiger partial charge in [-0.05, 0) is 17.2 Å². The molecule has 0 aliphatic carbocycles. The van der Waals surface area contributed by atoms with Crippen molar-refractivity contribution in [2.75, 3.05) is 26.2 Å². The van der Waals surface area contributed by atoms with Crippen LogP contribution < -0.4 is 15.4 Å². The molecule has 1 fully saturated rings. The minimum Gasteiger partial charge on any atom is -0.493 e. The van der Waals surface area contributed by atoms with Gasteiger partial charge in [-0.2, -0.15) is 0 Å². The van der Waals surface area contributed by atoms with Gasteiger partial charge in [-0.3, -0.25) is 4.79 Å². The van der Waals surface area contributed by atoms with E-state index < -0.39 is 0 Å². The molecule has 2 heterocycles. The maximum atomic E-state index is 11.8. The number of rotatable bonds is 4. The molecular weight excluding hydrogens is 228 g/mol. The van der Waals surface area contributed by atoms with Crippen LogP contribution in [0.5, 0.6) is 5.75 Å². The van der Waals surface area contributed by atoms with Crippen LogP contribution in [0.25, 0.3) is 0 Å². The Bertz CT molecular complexity index is 455. The molecule has 2 aliphatic rings. The summed E-state index contributed by atoms with van der Waals surface area (Å²) in [6, 6.07) is 6.04. The molecule has 4 nitrogen and oxygen atoms in total. The van der Waals surface area contributed by atoms with Gasteiger partial charge in [0, 0.05) is 32.0 Å². The van der Waals surface area contributed by atoms with Gasteiger partial charge < -0.3 is 15.4 Å². The summed E-state index contributed by atoms with van der Waals surface area (Å²) in [5, 5.41) is 6.19. The predicted octanol–water partition coefficient (Wildman–Crippen LogP) is 0.500. The molecule has 96 valence electrons. The summed E-state index contributed by atoms with van der Waals surface area (Å²) in [5.41, 5.74) is 2.30. The molecule has 3 rings (SSSR count). The van der Waals surface area contributed by atoms with Crippen molar-refractivity contribution < 1.29 is 9.53 Å². The molecule has 1 amide bonds. The molecule has 0 atom stereocenters. The van der Waals surface area contributed by atoms with E-state index in [1.54, 1.807) is 0 Å². The van der Waals surface area contributed by atoms with Gasteiger partial charge in [0.05, 0.1) is 13.0 Å². The molecule has 0 aromatic heterocycles. The van der Waals surface area contributed by atoms with Gasteiger partial charge >= 0.3 is 0 Å². The maximum absolute atomic E-state index is 11.8. The highest BCUT2D eigenvalue weighted by molar-refractivity contribution is 5.78. The first-order chi connectivity index (χ1) is 8.81. The second-order valence-corrected chi connectivity index (χ2v) is 5.05. The molecule has 0 spiro atoms. The van der Waals surface area contributed by atoms with E-state index in [9.17, 15) is 4.79 Å². The van der Waals surface area contributed by atoms with Crippen molar-refractivity contribution in [1.82, 2.24) is 10.6 Å². The first-order valence-corrected chi connectivity index (χ1v) is 6.53. The van der Waals surface area contributed by atoms with E-state index in [4.69, 9.17) is 4.74 Å². The Morgan fingerprint density at radius 2 is 2.33 bits per heavy atom. The van der Waals surface area contributed by atoms with Crippen molar-refractivity contribution in [3.63, 3.8) is 0 Å². The van der Waals surface area contributed by atoms with E-state index in [0.29, 0.717) is 12.3 Å². The van der Waals surface area contributed by atoms with Crippen LogP contribution >= 0.6 is 0 Å². The summed E-state index contributed by atoms with van der Waals surface area (Å²) in [6.45, 7) is 3.60. The molecule has 2 N–H and O–H groups in total. The standard InChI is InChI=1S/C14H18N2O2/c17-14(16-9-11-7-15-8-11)6-10-1-2-13-12(5-10)3-4-18-13/h1-2,5,11,15H,3-4,6-9H2,(H,16,17). The number of hydrogen-bond donors (Lipinski definition) is 2. The van der Waals surface area contributed by atoms with Gasteiger partial charge in [-0.15, -0.1) is 0 Å². The lowest BCUT2D eigenvalue weighted by atomic mass is 10.0. The van der Waals surface area contributed by atoms with Crippen LogP contribution in [-0.2, 0) is 17.6 Å². The summed E-state index contributed by atoms with van der Waals surface area (Å²) in [6.07, 6.45) is 1.42. The van der Waals surface area contributed by atoms with Gasteiger partial charge in [0.2, 0.25) is 5.91 Å². The van der Waals surface area contributed by atoms with Crippen molar-refractivity contribution in [2.24, 2.45) is 5.92 Å². The highest BCUT2D eigenvalue weighted by Gasteiger charge is 2.17. The fourth-order valence-corrected chi connectivity index (χ4v) is 2.35. The Labute approximate surface area is 107 Å². The van der Waals surface area contributed by atoms with E-state index in [1.807, 2.05) is 12.1 Å². The van der Waals surface area contributed by atoms with Gasteiger partial charge in [-0.25, -0.2) is 0 Å². The smallest absolute Gasteiger partial charge is 0.224 e. The lowest BCUT2D eigenvalue weighted by molar-refractivity contribution is -0.120. The third kappa shape index (κ3) is 2.48. The molecule has 0 unspecified atom stereocenters. The van der Waals surface area contributed by atoms with Crippen LogP contribution in [-0.4, -0.2) is 32.1 Å². The van der Waals surface area contributed by atoms with Crippen molar-refractivity contribution in [3.05, 3.63) is 29.3 Å². The van der Waals surface area contributed by atoms with E-state index in [0.717, 1.165) is 44.0 Å². The number of amides is 1. The van der Waals surface area contributed by atoms with Crippen LogP contribution in [0.15, 0.2) is 18.2 Å². The monoisotopic (exact) mass is 246 g/mol. The van der Waals surface area contributed by atoms with Crippen molar-refractivity contribution in [2.45, 2.75) is 12.8 Å². The van der Waals surface area contributed by atoms with Gasteiger partial charge in [0.25, 0.3) is 0 Å². The average molecular weight is 246 g/mol. The molecule has 1 aromatic rings. The van der Waals surface area contributed by atoms with Crippen LogP contribution in [0.4, 0.5) is 0 Å². The summed E-state index contributed by atoms with van der Waals surface area (Å²) < 4.78 is 5.45. The zero-order valence-electron chi connectivity index (χ0n) is 10.4. The summed E-state index contributed by atoms with van der Waals surface area (Å²) in [5.74, 6) is 1.70. The lowest BCUT2D eigenvalue weighted by Crippen LogP contribution is -2.48. The van der Waals surface area contributed by atoms with Gasteiger partial charge in [0.1, 0.15) is 5.75 Å². The SMILES string of the molecule is O=C(Cc1ccc2c(c1)CCO2)NCC1CNC1. The van der Waals surface area contributed by atoms with E-state index >= 15 is 0 Å². The number of hydrogen-bond acceptors (Lipinski definition) is 3. The Kier molecular flexibility index (Phi) is 3.19. The van der Waals surface area contributed by atoms with Gasteiger partial charge in [0.15, 0.2) is 0 Å². The number of nitrogens with one attached hydrogen (secondary N) is 2. The molecule has 0 saturated carbocycles. The number of fused-ring (bicyclic) bond motifs is 1. The number of ether oxygens (including phenoxy) is 1. The van der Waals surface area contributed by atoms with E-state index in [1.165, 1.54) is 5.56 Å². The summed E-state index contributed by atoms with van der Waals surface area (Å²) >= 11 is 0. The molecule has 1 aromatic carbocycles. The zero-order chi connectivity index (χ0) is 12.4. The number of carbonyl (C=O) groups excluding carboxylic acids is 1. The molecule has 2 aliphatic heterocycles. The summed E-state index contributed by atoms with van der Waals surface area (Å²) in [7, 11) is 0. The van der Waals surface area contributed by atoms with Crippen molar-refractivity contribution in [3.8, 4) is 5.75 Å². The predicted molar refractivity (Wildman–Crippen MR) is 68.7 cm³/mol. The highest BCUT2D eigenvalue weighted by atomic mass is 16.5. The van der Waals surface area contributed by atoms with E-state index in [-0.39, 0.29) is 5.91 Å². The molecule has 0 radical (unpaired) electrons. The fraction of sp³-hybridized carbons (Fsp3) is 0.500. The first-order valence-electron chi connectivity index (χ1n) is 6.53. The molecule has 4 heteroatoms. The normalized spacial score (nSPS) is 17.8. The second kappa shape index (κ2) is 4.98. The third-order valence-corrected chi connectivity index (χ3v) is 3.57. The van der Waals surface area contributed by atoms with Crippen molar-refractivity contribution >= 4 is 5.91 Å². The van der Waals surface area contributed by atoms with Gasteiger partial charge in [-0.1, -0.05) is 12.1 Å². The Hall–Kier alpha value is -1.55. The highest BCUT2D eigenvalue weighted by Crippen LogP contribution is 2.25. The topological polar surface area (TPSA) is 50.4 Å². The quantitative estimate of drug-likeness (QED) is 0.813. The maximum Gasteiger partial charge on any atom is 0.224 e.